The van der Waals surface area contributed by atoms with E-state index in [2.05, 4.69) is 216 Å². The third kappa shape index (κ3) is 6.05. The zero-order valence-electron chi connectivity index (χ0n) is 33.0. The number of anilines is 2. The monoisotopic (exact) mass is 769 g/mol. The van der Waals surface area contributed by atoms with E-state index in [1.165, 1.54) is 33.0 Å². The fraction of sp³-hybridized carbons (Fsp3) is 0.0179. The van der Waals surface area contributed by atoms with Gasteiger partial charge in [-0.2, -0.15) is 0 Å². The van der Waals surface area contributed by atoms with Crippen molar-refractivity contribution >= 4 is 61.0 Å². The van der Waals surface area contributed by atoms with Crippen LogP contribution in [0, 0.1) is 0 Å². The predicted octanol–water partition coefficient (Wildman–Crippen LogP) is 14.9. The van der Waals surface area contributed by atoms with Crippen LogP contribution >= 0.6 is 0 Å². The molecule has 0 N–H and O–H groups in total. The molecule has 0 saturated carbocycles. The number of aliphatic imine (C=N–C) groups is 1. The van der Waals surface area contributed by atoms with E-state index in [9.17, 15) is 0 Å². The van der Waals surface area contributed by atoms with Crippen LogP contribution in [0.5, 0.6) is 0 Å². The fourth-order valence-corrected chi connectivity index (χ4v) is 8.82. The van der Waals surface area contributed by atoms with Crippen LogP contribution in [0.2, 0.25) is 0 Å². The molecule has 0 aliphatic rings. The quantitative estimate of drug-likeness (QED) is 0.119. The van der Waals surface area contributed by atoms with Crippen molar-refractivity contribution in [3.05, 3.63) is 224 Å². The van der Waals surface area contributed by atoms with Crippen LogP contribution in [0.15, 0.2) is 228 Å². The summed E-state index contributed by atoms with van der Waals surface area (Å²) in [5.41, 5.74) is 15.2. The number of aromatic nitrogens is 1. The summed E-state index contributed by atoms with van der Waals surface area (Å²) in [7, 11) is 1.86. The Labute approximate surface area is 348 Å². The minimum atomic E-state index is 0.849. The Morgan fingerprint density at radius 3 is 1.57 bits per heavy atom. The Morgan fingerprint density at radius 2 is 0.967 bits per heavy atom. The maximum Gasteiger partial charge on any atom is 0.139 e. The maximum absolute atomic E-state index is 6.74. The number of rotatable bonds is 7. The lowest BCUT2D eigenvalue weighted by Gasteiger charge is -2.27. The number of fused-ring (bicyclic) bond motifs is 6. The summed E-state index contributed by atoms with van der Waals surface area (Å²) in [6, 6.07) is 77.5. The molecule has 11 rings (SSSR count). The molecule has 0 aliphatic heterocycles. The highest BCUT2D eigenvalue weighted by Crippen LogP contribution is 2.41. The lowest BCUT2D eigenvalue weighted by Crippen LogP contribution is -2.26. The van der Waals surface area contributed by atoms with E-state index in [1.807, 2.05) is 19.2 Å². The Hall–Kier alpha value is -7.95. The second-order valence-corrected chi connectivity index (χ2v) is 15.1. The molecule has 0 unspecified atom stereocenters. The van der Waals surface area contributed by atoms with Gasteiger partial charge in [-0.25, -0.2) is 0 Å². The number of hydrogen-bond donors (Lipinski definition) is 0. The van der Waals surface area contributed by atoms with Gasteiger partial charge in [0.2, 0.25) is 0 Å². The molecule has 0 fully saturated rings. The van der Waals surface area contributed by atoms with Crippen LogP contribution in [0.3, 0.4) is 0 Å². The normalized spacial score (nSPS) is 11.8. The van der Waals surface area contributed by atoms with Gasteiger partial charge in [-0.1, -0.05) is 158 Å². The topological polar surface area (TPSA) is 33.7 Å². The zero-order chi connectivity index (χ0) is 40.0. The smallest absolute Gasteiger partial charge is 0.139 e. The maximum atomic E-state index is 6.74. The van der Waals surface area contributed by atoms with Crippen molar-refractivity contribution in [3.8, 4) is 39.1 Å². The molecule has 0 atom stereocenters. The van der Waals surface area contributed by atoms with E-state index in [-0.39, 0.29) is 0 Å². The molecule has 2 heterocycles. The van der Waals surface area contributed by atoms with Crippen LogP contribution in [-0.2, 0) is 0 Å². The molecule has 4 nitrogen and oxygen atoms in total. The predicted molar refractivity (Wildman–Crippen MR) is 252 cm³/mol. The summed E-state index contributed by atoms with van der Waals surface area (Å²) in [4.78, 5) is 7.00. The average molecular weight is 770 g/mol. The first-order chi connectivity index (χ1) is 29.7. The van der Waals surface area contributed by atoms with Crippen LogP contribution in [0.4, 0.5) is 11.4 Å². The molecule has 60 heavy (non-hydrogen) atoms. The number of amidine groups is 1. The highest BCUT2D eigenvalue weighted by atomic mass is 16.3. The van der Waals surface area contributed by atoms with Gasteiger partial charge in [-0.15, -0.1) is 0 Å². The van der Waals surface area contributed by atoms with Gasteiger partial charge in [0, 0.05) is 57.3 Å². The van der Waals surface area contributed by atoms with Gasteiger partial charge in [0.05, 0.1) is 11.0 Å². The first-order valence-electron chi connectivity index (χ1n) is 20.3. The van der Waals surface area contributed by atoms with E-state index < -0.39 is 0 Å². The zero-order valence-corrected chi connectivity index (χ0v) is 33.0. The number of hydrogen-bond acceptors (Lipinski definition) is 2. The van der Waals surface area contributed by atoms with Crippen molar-refractivity contribution < 1.29 is 4.42 Å². The fourth-order valence-electron chi connectivity index (χ4n) is 8.82. The molecule has 2 aromatic heterocycles. The van der Waals surface area contributed by atoms with Crippen molar-refractivity contribution in [1.82, 2.24) is 4.57 Å². The number of nitrogens with zero attached hydrogens (tertiary/aromatic N) is 3. The van der Waals surface area contributed by atoms with Gasteiger partial charge in [0.15, 0.2) is 0 Å². The molecule has 284 valence electrons. The van der Waals surface area contributed by atoms with Crippen LogP contribution in [0.1, 0.15) is 5.56 Å². The first-order valence-corrected chi connectivity index (χ1v) is 20.3. The van der Waals surface area contributed by atoms with Crippen LogP contribution in [-0.4, -0.2) is 17.5 Å². The SMILES string of the molecule is C/N=C(/c1ccccc1)N(c1ccccc1)c1ccc(-c2cccc3oc4cc(-n5c6cc(-c7ccccc7)ccc6c6ccc(-c7ccccc7)cc65)ccc4c23)cc1. The summed E-state index contributed by atoms with van der Waals surface area (Å²) >= 11 is 0. The standard InChI is InChI=1S/C56H39N3O/c1-57-56(41-19-10-4-11-20-41)58(44-21-12-5-13-22-44)45-29-25-40(26-30-45)47-23-14-24-53-55(47)50-34-31-46(37-54(50)60-53)59-51-35-42(38-15-6-2-7-16-38)27-32-48(51)49-33-28-43(36-52(49)59)39-17-8-3-9-18-39/h2-37H,1H3/b57-56-. The lowest BCUT2D eigenvalue weighted by molar-refractivity contribution is 0.668. The van der Waals surface area contributed by atoms with E-state index in [0.29, 0.717) is 0 Å². The molecule has 4 heteroatoms. The van der Waals surface area contributed by atoms with Gasteiger partial charge in [-0.3, -0.25) is 9.89 Å². The summed E-state index contributed by atoms with van der Waals surface area (Å²) in [6.07, 6.45) is 0. The van der Waals surface area contributed by atoms with Gasteiger partial charge in [-0.05, 0) is 88.0 Å². The van der Waals surface area contributed by atoms with Crippen molar-refractivity contribution in [2.75, 3.05) is 11.9 Å². The molecule has 0 bridgehead atoms. The van der Waals surface area contributed by atoms with Crippen molar-refractivity contribution in [2.24, 2.45) is 4.99 Å². The Balaban J connectivity index is 1.04. The second kappa shape index (κ2) is 14.8. The minimum Gasteiger partial charge on any atom is -0.456 e. The van der Waals surface area contributed by atoms with E-state index in [0.717, 1.165) is 72.6 Å². The molecular weight excluding hydrogens is 731 g/mol. The van der Waals surface area contributed by atoms with Crippen LogP contribution in [0.25, 0.3) is 82.8 Å². The van der Waals surface area contributed by atoms with Gasteiger partial charge in [0.25, 0.3) is 0 Å². The molecule has 0 aliphatic carbocycles. The van der Waals surface area contributed by atoms with Crippen molar-refractivity contribution in [2.45, 2.75) is 0 Å². The largest absolute Gasteiger partial charge is 0.456 e. The summed E-state index contributed by atoms with van der Waals surface area (Å²) in [5, 5.41) is 4.62. The Morgan fingerprint density at radius 1 is 0.433 bits per heavy atom. The highest BCUT2D eigenvalue weighted by molar-refractivity contribution is 6.16. The number of para-hydroxylation sites is 1. The van der Waals surface area contributed by atoms with Gasteiger partial charge >= 0.3 is 0 Å². The van der Waals surface area contributed by atoms with E-state index >= 15 is 0 Å². The lowest BCUT2D eigenvalue weighted by atomic mass is 9.99. The molecule has 0 saturated heterocycles. The van der Waals surface area contributed by atoms with Crippen molar-refractivity contribution in [1.29, 1.82) is 0 Å². The highest BCUT2D eigenvalue weighted by Gasteiger charge is 2.20. The average Bonchev–Trinajstić information content (AvgIpc) is 3.86. The molecule has 11 aromatic rings. The Kier molecular flexibility index (Phi) is 8.67. The van der Waals surface area contributed by atoms with E-state index in [1.54, 1.807) is 0 Å². The number of furan rings is 1. The molecular formula is C56H39N3O. The molecule has 0 radical (unpaired) electrons. The minimum absolute atomic E-state index is 0.849. The van der Waals surface area contributed by atoms with E-state index in [4.69, 9.17) is 9.41 Å². The summed E-state index contributed by atoms with van der Waals surface area (Å²) in [6.45, 7) is 0. The first kappa shape index (κ1) is 35.2. The van der Waals surface area contributed by atoms with Crippen molar-refractivity contribution in [3.63, 3.8) is 0 Å². The third-order valence-electron chi connectivity index (χ3n) is 11.6. The number of benzene rings is 9. The summed E-state index contributed by atoms with van der Waals surface area (Å²) in [5.74, 6) is 0.879. The molecule has 0 spiro atoms. The summed E-state index contributed by atoms with van der Waals surface area (Å²) < 4.78 is 9.14. The van der Waals surface area contributed by atoms with Gasteiger partial charge in [0.1, 0.15) is 17.0 Å². The van der Waals surface area contributed by atoms with Gasteiger partial charge < -0.3 is 8.98 Å². The van der Waals surface area contributed by atoms with Crippen LogP contribution < -0.4 is 4.90 Å². The third-order valence-corrected chi connectivity index (χ3v) is 11.6. The Bertz CT molecular complexity index is 3250. The molecule has 9 aromatic carbocycles. The second-order valence-electron chi connectivity index (χ2n) is 15.1. The molecule has 0 amide bonds.